The molecule has 0 saturated heterocycles. The minimum Gasteiger partial charge on any atom is -0.327 e. The summed E-state index contributed by atoms with van der Waals surface area (Å²) in [6, 6.07) is 8.65. The first-order valence-electron chi connectivity index (χ1n) is 5.45. The van der Waals surface area contributed by atoms with E-state index in [1.165, 1.54) is 22.5 Å². The van der Waals surface area contributed by atoms with Crippen LogP contribution in [0.4, 0.5) is 0 Å². The van der Waals surface area contributed by atoms with E-state index in [1.807, 2.05) is 17.4 Å². The van der Waals surface area contributed by atoms with Crippen molar-refractivity contribution in [3.8, 4) is 0 Å². The lowest BCUT2D eigenvalue weighted by Gasteiger charge is -2.10. The molecule has 3 rings (SSSR count). The van der Waals surface area contributed by atoms with Gasteiger partial charge in [0.2, 0.25) is 0 Å². The Kier molecular flexibility index (Phi) is 2.22. The van der Waals surface area contributed by atoms with Gasteiger partial charge in [0.15, 0.2) is 0 Å². The molecule has 15 heavy (non-hydrogen) atoms. The molecule has 0 aliphatic heterocycles. The number of benzene rings is 1. The van der Waals surface area contributed by atoms with Gasteiger partial charge >= 0.3 is 0 Å². The summed E-state index contributed by atoms with van der Waals surface area (Å²) in [4.78, 5) is 4.68. The van der Waals surface area contributed by atoms with Crippen LogP contribution >= 0.6 is 11.3 Å². The van der Waals surface area contributed by atoms with E-state index < -0.39 is 0 Å². The maximum absolute atomic E-state index is 6.10. The SMILES string of the molecule is N[C@@H]1CCC[C@H]1c1nc2ccccc2s1. The minimum atomic E-state index is 0.325. The maximum Gasteiger partial charge on any atom is 0.0984 e. The largest absolute Gasteiger partial charge is 0.327 e. The van der Waals surface area contributed by atoms with Crippen molar-refractivity contribution in [2.24, 2.45) is 5.73 Å². The number of para-hydroxylation sites is 1. The predicted molar refractivity (Wildman–Crippen MR) is 64.2 cm³/mol. The molecule has 1 aromatic heterocycles. The highest BCUT2D eigenvalue weighted by atomic mass is 32.1. The Hall–Kier alpha value is -0.930. The molecule has 1 aromatic carbocycles. The first kappa shape index (κ1) is 9.31. The third-order valence-electron chi connectivity index (χ3n) is 3.20. The molecule has 0 unspecified atom stereocenters. The predicted octanol–water partition coefficient (Wildman–Crippen LogP) is 2.89. The molecule has 2 aromatic rings. The molecule has 2 atom stereocenters. The van der Waals surface area contributed by atoms with Crippen molar-refractivity contribution in [1.82, 2.24) is 4.98 Å². The zero-order valence-corrected chi connectivity index (χ0v) is 9.33. The number of nitrogens with zero attached hydrogens (tertiary/aromatic N) is 1. The van der Waals surface area contributed by atoms with Crippen molar-refractivity contribution >= 4 is 21.6 Å². The number of fused-ring (bicyclic) bond motifs is 1. The summed E-state index contributed by atoms with van der Waals surface area (Å²) >= 11 is 1.81. The molecule has 78 valence electrons. The average molecular weight is 218 g/mol. The smallest absolute Gasteiger partial charge is 0.0984 e. The Labute approximate surface area is 93.1 Å². The Morgan fingerprint density at radius 2 is 2.13 bits per heavy atom. The Morgan fingerprint density at radius 3 is 2.87 bits per heavy atom. The average Bonchev–Trinajstić information content (AvgIpc) is 2.82. The highest BCUT2D eigenvalue weighted by Gasteiger charge is 2.27. The van der Waals surface area contributed by atoms with E-state index in [0.29, 0.717) is 12.0 Å². The first-order valence-corrected chi connectivity index (χ1v) is 6.27. The van der Waals surface area contributed by atoms with Crippen LogP contribution in [0, 0.1) is 0 Å². The zero-order valence-electron chi connectivity index (χ0n) is 8.52. The van der Waals surface area contributed by atoms with E-state index in [4.69, 9.17) is 5.73 Å². The standard InChI is InChI=1S/C12H14N2S/c13-9-5-3-4-8(9)12-14-10-6-1-2-7-11(10)15-12/h1-2,6-9H,3-5,13H2/t8-,9-/m1/s1. The molecule has 2 N–H and O–H groups in total. The second-order valence-corrected chi connectivity index (χ2v) is 5.28. The lowest BCUT2D eigenvalue weighted by Crippen LogP contribution is -2.22. The van der Waals surface area contributed by atoms with E-state index in [1.54, 1.807) is 0 Å². The summed E-state index contributed by atoms with van der Waals surface area (Å²) in [6.07, 6.45) is 3.61. The van der Waals surface area contributed by atoms with E-state index in [9.17, 15) is 0 Å². The van der Waals surface area contributed by atoms with Crippen molar-refractivity contribution in [3.63, 3.8) is 0 Å². The van der Waals surface area contributed by atoms with Crippen LogP contribution in [0.1, 0.15) is 30.2 Å². The summed E-state index contributed by atoms with van der Waals surface area (Å²) in [6.45, 7) is 0. The molecular formula is C12H14N2S. The molecule has 1 aliphatic rings. The van der Waals surface area contributed by atoms with Gasteiger partial charge in [-0.2, -0.15) is 0 Å². The van der Waals surface area contributed by atoms with E-state index in [2.05, 4.69) is 23.2 Å². The van der Waals surface area contributed by atoms with Crippen LogP contribution in [0.15, 0.2) is 24.3 Å². The first-order chi connectivity index (χ1) is 7.34. The second-order valence-electron chi connectivity index (χ2n) is 4.22. The molecule has 1 saturated carbocycles. The molecule has 0 spiro atoms. The van der Waals surface area contributed by atoms with Gasteiger partial charge in [0.05, 0.1) is 15.2 Å². The molecular weight excluding hydrogens is 204 g/mol. The van der Waals surface area contributed by atoms with Gasteiger partial charge in [0.25, 0.3) is 0 Å². The van der Waals surface area contributed by atoms with Crippen LogP contribution in [0.3, 0.4) is 0 Å². The minimum absolute atomic E-state index is 0.325. The molecule has 3 heteroatoms. The molecule has 0 radical (unpaired) electrons. The van der Waals surface area contributed by atoms with Crippen LogP contribution in [0.5, 0.6) is 0 Å². The fourth-order valence-corrected chi connectivity index (χ4v) is 3.52. The Balaban J connectivity index is 2.04. The summed E-state index contributed by atoms with van der Waals surface area (Å²) < 4.78 is 1.28. The van der Waals surface area contributed by atoms with Crippen LogP contribution in [0.25, 0.3) is 10.2 Å². The van der Waals surface area contributed by atoms with Gasteiger partial charge in [0.1, 0.15) is 0 Å². The van der Waals surface area contributed by atoms with Crippen molar-refractivity contribution in [2.75, 3.05) is 0 Å². The van der Waals surface area contributed by atoms with E-state index >= 15 is 0 Å². The third kappa shape index (κ3) is 1.56. The summed E-state index contributed by atoms with van der Waals surface area (Å²) in [5.74, 6) is 0.502. The van der Waals surface area contributed by atoms with Crippen molar-refractivity contribution in [3.05, 3.63) is 29.3 Å². The fraction of sp³-hybridized carbons (Fsp3) is 0.417. The van der Waals surface area contributed by atoms with Crippen LogP contribution in [-0.4, -0.2) is 11.0 Å². The summed E-state index contributed by atoms with van der Waals surface area (Å²) in [7, 11) is 0. The molecule has 1 aliphatic carbocycles. The molecule has 1 heterocycles. The number of thiazole rings is 1. The van der Waals surface area contributed by atoms with Crippen molar-refractivity contribution < 1.29 is 0 Å². The van der Waals surface area contributed by atoms with Gasteiger partial charge in [-0.05, 0) is 25.0 Å². The van der Waals surface area contributed by atoms with E-state index in [-0.39, 0.29) is 0 Å². The molecule has 0 bridgehead atoms. The lowest BCUT2D eigenvalue weighted by molar-refractivity contribution is 0.611. The number of rotatable bonds is 1. The van der Waals surface area contributed by atoms with Crippen LogP contribution in [-0.2, 0) is 0 Å². The van der Waals surface area contributed by atoms with Gasteiger partial charge in [-0.25, -0.2) is 4.98 Å². The normalized spacial score (nSPS) is 26.2. The highest BCUT2D eigenvalue weighted by molar-refractivity contribution is 7.18. The van der Waals surface area contributed by atoms with Crippen molar-refractivity contribution in [1.29, 1.82) is 0 Å². The van der Waals surface area contributed by atoms with Gasteiger partial charge in [-0.15, -0.1) is 11.3 Å². The maximum atomic E-state index is 6.10. The summed E-state index contributed by atoms with van der Waals surface area (Å²) in [5.41, 5.74) is 7.22. The molecule has 2 nitrogen and oxygen atoms in total. The Bertz CT molecular complexity index is 444. The number of hydrogen-bond acceptors (Lipinski definition) is 3. The highest BCUT2D eigenvalue weighted by Crippen LogP contribution is 2.37. The number of hydrogen-bond donors (Lipinski definition) is 1. The van der Waals surface area contributed by atoms with Gasteiger partial charge in [0, 0.05) is 12.0 Å². The van der Waals surface area contributed by atoms with Crippen LogP contribution in [0.2, 0.25) is 0 Å². The number of aromatic nitrogens is 1. The van der Waals surface area contributed by atoms with Gasteiger partial charge in [-0.1, -0.05) is 18.6 Å². The Morgan fingerprint density at radius 1 is 1.27 bits per heavy atom. The number of nitrogens with two attached hydrogens (primary N) is 1. The quantitative estimate of drug-likeness (QED) is 0.799. The van der Waals surface area contributed by atoms with Crippen molar-refractivity contribution in [2.45, 2.75) is 31.2 Å². The fourth-order valence-electron chi connectivity index (χ4n) is 2.34. The molecule has 0 amide bonds. The summed E-state index contributed by atoms with van der Waals surface area (Å²) in [5, 5.41) is 1.24. The monoisotopic (exact) mass is 218 g/mol. The van der Waals surface area contributed by atoms with Gasteiger partial charge < -0.3 is 5.73 Å². The third-order valence-corrected chi connectivity index (χ3v) is 4.37. The second kappa shape index (κ2) is 3.58. The topological polar surface area (TPSA) is 38.9 Å². The van der Waals surface area contributed by atoms with Crippen LogP contribution < -0.4 is 5.73 Å². The van der Waals surface area contributed by atoms with E-state index in [0.717, 1.165) is 11.9 Å². The van der Waals surface area contributed by atoms with Gasteiger partial charge in [-0.3, -0.25) is 0 Å². The lowest BCUT2D eigenvalue weighted by atomic mass is 10.1. The molecule has 1 fully saturated rings. The zero-order chi connectivity index (χ0) is 10.3.